The van der Waals surface area contributed by atoms with Crippen molar-refractivity contribution in [3.8, 4) is 0 Å². The summed E-state index contributed by atoms with van der Waals surface area (Å²) in [6.45, 7) is 11.6. The van der Waals surface area contributed by atoms with Crippen molar-refractivity contribution in [1.29, 1.82) is 0 Å². The van der Waals surface area contributed by atoms with Crippen LogP contribution in [0.25, 0.3) is 0 Å². The standard InChI is InChI=1S/C14H19FN6.C5H8FN.C2H4/c1-10-16-6-7-20(10)8-13-12(4-3-5-15)14-19-18-11(2)21(14)9-17-13;1-2-4-7-5-3-6;1-2/h6-7,9,14,19H,3-5,8H2,1-2H3;2,4-5H,3H2,1H3;1-2H2/b;4-2-,7-5?;. The molecule has 2 aliphatic heterocycles. The number of imidazole rings is 1. The largest absolute Gasteiger partial charge is 0.329 e. The first-order valence-electron chi connectivity index (χ1n) is 9.69. The number of nitrogens with zero attached hydrogens (tertiary/aromatic N) is 6. The summed E-state index contributed by atoms with van der Waals surface area (Å²) in [4.78, 5) is 14.3. The lowest BCUT2D eigenvalue weighted by Crippen LogP contribution is -2.42. The Morgan fingerprint density at radius 2 is 2.07 bits per heavy atom. The van der Waals surface area contributed by atoms with Gasteiger partial charge in [0, 0.05) is 24.8 Å². The van der Waals surface area contributed by atoms with E-state index in [4.69, 9.17) is 0 Å². The molecule has 0 spiro atoms. The Kier molecular flexibility index (Phi) is 11.6. The number of hydrazone groups is 1. The number of rotatable bonds is 7. The van der Waals surface area contributed by atoms with Crippen LogP contribution in [0.2, 0.25) is 0 Å². The van der Waals surface area contributed by atoms with Crippen molar-refractivity contribution < 1.29 is 8.78 Å². The highest BCUT2D eigenvalue weighted by atomic mass is 19.1. The van der Waals surface area contributed by atoms with Crippen molar-refractivity contribution >= 4 is 18.4 Å². The molecule has 1 aromatic heterocycles. The number of nitrogens with one attached hydrogen (secondary N) is 1. The molecule has 0 aromatic carbocycles. The SMILES string of the molecule is C/C=C\N=CCF.C=C.CC1=NNC2C(CCCF)=C(Cn3ccnc3C)N=CN12. The Balaban J connectivity index is 0.000000428. The number of fused-ring (bicyclic) bond motifs is 1. The summed E-state index contributed by atoms with van der Waals surface area (Å²) in [6, 6.07) is 0. The Hall–Kier alpha value is -3.10. The second-order valence-electron chi connectivity index (χ2n) is 6.18. The number of alkyl halides is 2. The molecule has 0 saturated carbocycles. The van der Waals surface area contributed by atoms with Crippen LogP contribution in [0.15, 0.2) is 64.2 Å². The summed E-state index contributed by atoms with van der Waals surface area (Å²) in [5, 5.41) is 4.24. The molecular weight excluding hydrogens is 388 g/mol. The molecule has 0 bridgehead atoms. The van der Waals surface area contributed by atoms with Crippen molar-refractivity contribution in [2.45, 2.75) is 46.3 Å². The maximum atomic E-state index is 12.6. The second-order valence-corrected chi connectivity index (χ2v) is 6.18. The highest BCUT2D eigenvalue weighted by molar-refractivity contribution is 5.93. The molecular formula is C21H31F2N7. The van der Waals surface area contributed by atoms with Crippen LogP contribution in [-0.2, 0) is 6.54 Å². The molecule has 0 saturated heterocycles. The van der Waals surface area contributed by atoms with E-state index in [1.54, 1.807) is 24.8 Å². The molecule has 0 radical (unpaired) electrons. The van der Waals surface area contributed by atoms with E-state index in [9.17, 15) is 8.78 Å². The molecule has 9 heteroatoms. The van der Waals surface area contributed by atoms with E-state index in [1.165, 1.54) is 6.21 Å². The van der Waals surface area contributed by atoms with E-state index in [1.807, 2.05) is 36.4 Å². The molecule has 1 unspecified atom stereocenters. The van der Waals surface area contributed by atoms with Gasteiger partial charge in [-0.1, -0.05) is 6.08 Å². The summed E-state index contributed by atoms with van der Waals surface area (Å²) in [5.41, 5.74) is 5.17. The summed E-state index contributed by atoms with van der Waals surface area (Å²) in [5.74, 6) is 1.82. The van der Waals surface area contributed by atoms with Crippen LogP contribution in [-0.4, -0.2) is 52.4 Å². The first kappa shape index (κ1) is 24.9. The van der Waals surface area contributed by atoms with Gasteiger partial charge in [-0.3, -0.25) is 19.7 Å². The minimum atomic E-state index is -0.482. The van der Waals surface area contributed by atoms with Gasteiger partial charge < -0.3 is 4.57 Å². The Morgan fingerprint density at radius 1 is 1.30 bits per heavy atom. The fraction of sp³-hybridized carbons (Fsp3) is 0.429. The van der Waals surface area contributed by atoms with Crippen LogP contribution in [0.1, 0.15) is 32.5 Å². The molecule has 164 valence electrons. The summed E-state index contributed by atoms with van der Waals surface area (Å²) < 4.78 is 25.8. The van der Waals surface area contributed by atoms with Crippen molar-refractivity contribution in [1.82, 2.24) is 19.9 Å². The molecule has 3 rings (SSSR count). The molecule has 1 aromatic rings. The van der Waals surface area contributed by atoms with Crippen molar-refractivity contribution in [2.75, 3.05) is 13.3 Å². The van der Waals surface area contributed by atoms with E-state index < -0.39 is 6.67 Å². The van der Waals surface area contributed by atoms with Crippen LogP contribution in [0.5, 0.6) is 0 Å². The smallest absolute Gasteiger partial charge is 0.145 e. The molecule has 0 amide bonds. The van der Waals surface area contributed by atoms with Crippen molar-refractivity contribution in [3.05, 3.63) is 54.9 Å². The van der Waals surface area contributed by atoms with E-state index >= 15 is 0 Å². The molecule has 1 atom stereocenters. The molecule has 2 aliphatic rings. The summed E-state index contributed by atoms with van der Waals surface area (Å²) in [7, 11) is 0. The Bertz CT molecular complexity index is 793. The lowest BCUT2D eigenvalue weighted by Gasteiger charge is -2.29. The number of halogens is 2. The highest BCUT2D eigenvalue weighted by Gasteiger charge is 2.31. The van der Waals surface area contributed by atoms with Crippen LogP contribution in [0.3, 0.4) is 0 Å². The molecule has 7 nitrogen and oxygen atoms in total. The van der Waals surface area contributed by atoms with Crippen molar-refractivity contribution in [3.63, 3.8) is 0 Å². The zero-order chi connectivity index (χ0) is 22.4. The molecule has 3 heterocycles. The zero-order valence-electron chi connectivity index (χ0n) is 17.9. The van der Waals surface area contributed by atoms with Gasteiger partial charge in [0.25, 0.3) is 0 Å². The van der Waals surface area contributed by atoms with Crippen LogP contribution in [0.4, 0.5) is 8.78 Å². The predicted octanol–water partition coefficient (Wildman–Crippen LogP) is 4.16. The van der Waals surface area contributed by atoms with Gasteiger partial charge >= 0.3 is 0 Å². The molecule has 0 aliphatic carbocycles. The molecule has 0 fully saturated rings. The zero-order valence-corrected chi connectivity index (χ0v) is 17.9. The number of aromatic nitrogens is 2. The number of hydrogen-bond donors (Lipinski definition) is 1. The van der Waals surface area contributed by atoms with Crippen LogP contribution < -0.4 is 5.43 Å². The fourth-order valence-electron chi connectivity index (χ4n) is 2.83. The first-order valence-corrected chi connectivity index (χ1v) is 9.69. The predicted molar refractivity (Wildman–Crippen MR) is 120 cm³/mol. The number of allylic oxidation sites excluding steroid dienone is 2. The number of amidine groups is 1. The summed E-state index contributed by atoms with van der Waals surface area (Å²) in [6.07, 6.45) is 11.1. The number of hydrogen-bond acceptors (Lipinski definition) is 6. The van der Waals surface area contributed by atoms with Gasteiger partial charge in [-0.15, -0.1) is 13.2 Å². The quantitative estimate of drug-likeness (QED) is 0.533. The van der Waals surface area contributed by atoms with Crippen LogP contribution in [0, 0.1) is 6.92 Å². The maximum absolute atomic E-state index is 12.6. The third-order valence-electron chi connectivity index (χ3n) is 4.27. The van der Waals surface area contributed by atoms with E-state index in [0.29, 0.717) is 19.4 Å². The van der Waals surface area contributed by atoms with Gasteiger partial charge in [0.2, 0.25) is 0 Å². The number of aliphatic imine (C=N–C) groups is 2. The Morgan fingerprint density at radius 3 is 2.67 bits per heavy atom. The molecule has 1 N–H and O–H groups in total. The minimum absolute atomic E-state index is 0.0344. The second kappa shape index (κ2) is 14.0. The van der Waals surface area contributed by atoms with E-state index in [0.717, 1.165) is 22.9 Å². The summed E-state index contributed by atoms with van der Waals surface area (Å²) >= 11 is 0. The maximum Gasteiger partial charge on any atom is 0.145 e. The third kappa shape index (κ3) is 7.06. The third-order valence-corrected chi connectivity index (χ3v) is 4.27. The van der Waals surface area contributed by atoms with Gasteiger partial charge in [0.15, 0.2) is 0 Å². The Labute approximate surface area is 177 Å². The van der Waals surface area contributed by atoms with Gasteiger partial charge in [-0.05, 0) is 39.2 Å². The van der Waals surface area contributed by atoms with Gasteiger partial charge in [0.05, 0.1) is 25.3 Å². The minimum Gasteiger partial charge on any atom is -0.329 e. The van der Waals surface area contributed by atoms with E-state index in [2.05, 4.69) is 38.7 Å². The van der Waals surface area contributed by atoms with Gasteiger partial charge in [0.1, 0.15) is 24.5 Å². The fourth-order valence-corrected chi connectivity index (χ4v) is 2.83. The first-order chi connectivity index (χ1) is 14.6. The van der Waals surface area contributed by atoms with Gasteiger partial charge in [-0.2, -0.15) is 5.10 Å². The molecule has 30 heavy (non-hydrogen) atoms. The lowest BCUT2D eigenvalue weighted by atomic mass is 10.0. The average Bonchev–Trinajstić information content (AvgIpc) is 3.35. The average molecular weight is 420 g/mol. The van der Waals surface area contributed by atoms with E-state index in [-0.39, 0.29) is 12.8 Å². The normalized spacial score (nSPS) is 17.3. The van der Waals surface area contributed by atoms with Crippen molar-refractivity contribution in [2.24, 2.45) is 15.1 Å². The monoisotopic (exact) mass is 419 g/mol. The van der Waals surface area contributed by atoms with Crippen LogP contribution >= 0.6 is 0 Å². The highest BCUT2D eigenvalue weighted by Crippen LogP contribution is 2.26. The lowest BCUT2D eigenvalue weighted by molar-refractivity contribution is 0.417. The topological polar surface area (TPSA) is 70.2 Å². The number of aryl methyl sites for hydroxylation is 1. The van der Waals surface area contributed by atoms with Gasteiger partial charge in [-0.25, -0.2) is 14.4 Å².